The standard InChI is InChI=1S/C23H29NO3/c1-22-6-4-13-12-3-2-11(24-26)8-14(12)15-9-16(15)20(13)21(22)17-10-18(17)23(22)7-5-19(25)27-23/h8,11-13,15-18,20-21H,2-7,9-10H2,1H3/t11?,12-,13?,15?,16?,17?,18?,20?,21?,22+,23+/m1/s1. The van der Waals surface area contributed by atoms with E-state index in [-0.39, 0.29) is 23.0 Å². The van der Waals surface area contributed by atoms with E-state index in [4.69, 9.17) is 4.74 Å². The molecule has 7 rings (SSSR count). The molecular weight excluding hydrogens is 338 g/mol. The predicted octanol–water partition coefficient (Wildman–Crippen LogP) is 4.48. The second-order valence-corrected chi connectivity index (χ2v) is 11.1. The van der Waals surface area contributed by atoms with Crippen molar-refractivity contribution in [3.8, 4) is 0 Å². The van der Waals surface area contributed by atoms with E-state index in [9.17, 15) is 9.70 Å². The van der Waals surface area contributed by atoms with Gasteiger partial charge in [0.2, 0.25) is 0 Å². The van der Waals surface area contributed by atoms with E-state index in [1.165, 1.54) is 32.1 Å². The van der Waals surface area contributed by atoms with Gasteiger partial charge in [0.1, 0.15) is 11.6 Å². The summed E-state index contributed by atoms with van der Waals surface area (Å²) in [5, 5.41) is 3.36. The molecule has 6 fully saturated rings. The van der Waals surface area contributed by atoms with Gasteiger partial charge in [0.15, 0.2) is 0 Å². The molecule has 0 N–H and O–H groups in total. The molecule has 8 unspecified atom stereocenters. The van der Waals surface area contributed by atoms with Crippen molar-refractivity contribution in [2.45, 2.75) is 69.9 Å². The number of fused-ring (bicyclic) bond motifs is 12. The van der Waals surface area contributed by atoms with Gasteiger partial charge in [-0.2, -0.15) is 4.91 Å². The average molecular weight is 367 g/mol. The third-order valence-corrected chi connectivity index (χ3v) is 10.5. The highest BCUT2D eigenvalue weighted by atomic mass is 16.6. The van der Waals surface area contributed by atoms with Crippen LogP contribution in [0.4, 0.5) is 0 Å². The number of carbonyl (C=O) groups is 1. The van der Waals surface area contributed by atoms with Crippen LogP contribution in [0.2, 0.25) is 0 Å². The molecule has 0 aromatic rings. The van der Waals surface area contributed by atoms with Crippen molar-refractivity contribution in [1.82, 2.24) is 0 Å². The van der Waals surface area contributed by atoms with Crippen molar-refractivity contribution in [2.24, 2.45) is 57.9 Å². The number of nitroso groups, excluding NO2 is 1. The summed E-state index contributed by atoms with van der Waals surface area (Å²) in [5.41, 5.74) is 1.71. The quantitative estimate of drug-likeness (QED) is 0.390. The Bertz CT molecular complexity index is 790. The first-order valence-electron chi connectivity index (χ1n) is 11.3. The molecule has 1 heterocycles. The normalized spacial score (nSPS) is 61.7. The zero-order valence-electron chi connectivity index (χ0n) is 16.1. The van der Waals surface area contributed by atoms with Crippen LogP contribution >= 0.6 is 0 Å². The van der Waals surface area contributed by atoms with Crippen LogP contribution in [0.3, 0.4) is 0 Å². The second-order valence-electron chi connectivity index (χ2n) is 11.1. The maximum atomic E-state index is 12.1. The lowest BCUT2D eigenvalue weighted by Gasteiger charge is -2.57. The molecule has 5 saturated carbocycles. The number of ether oxygens (including phenoxy) is 1. The lowest BCUT2D eigenvalue weighted by molar-refractivity contribution is -0.174. The summed E-state index contributed by atoms with van der Waals surface area (Å²) in [6, 6.07) is -0.0663. The van der Waals surface area contributed by atoms with Gasteiger partial charge < -0.3 is 4.74 Å². The summed E-state index contributed by atoms with van der Waals surface area (Å²) in [6.07, 6.45) is 11.2. The molecule has 4 nitrogen and oxygen atoms in total. The van der Waals surface area contributed by atoms with Crippen molar-refractivity contribution < 1.29 is 9.53 Å². The number of hydrogen-bond donors (Lipinski definition) is 0. The van der Waals surface area contributed by atoms with Gasteiger partial charge in [-0.05, 0) is 86.4 Å². The zero-order valence-corrected chi connectivity index (χ0v) is 16.1. The SMILES string of the molecule is C[C@]12CCC3C(C4CC4C4=CC(N=O)CC[C@@H]43)C1C1CC1[C@@]21CCC(=O)O1. The topological polar surface area (TPSA) is 55.7 Å². The van der Waals surface area contributed by atoms with E-state index in [0.29, 0.717) is 18.3 Å². The van der Waals surface area contributed by atoms with Crippen molar-refractivity contribution in [3.05, 3.63) is 16.6 Å². The molecule has 7 aliphatic rings. The van der Waals surface area contributed by atoms with Gasteiger partial charge in [-0.15, -0.1) is 0 Å². The first kappa shape index (κ1) is 15.7. The van der Waals surface area contributed by atoms with Gasteiger partial charge in [-0.3, -0.25) is 4.79 Å². The Morgan fingerprint density at radius 1 is 1.07 bits per heavy atom. The molecule has 1 spiro atoms. The first-order chi connectivity index (χ1) is 13.1. The van der Waals surface area contributed by atoms with Crippen LogP contribution in [0.15, 0.2) is 16.8 Å². The molecule has 0 aromatic heterocycles. The third kappa shape index (κ3) is 1.67. The summed E-state index contributed by atoms with van der Waals surface area (Å²) in [7, 11) is 0. The molecule has 27 heavy (non-hydrogen) atoms. The minimum atomic E-state index is -0.121. The van der Waals surface area contributed by atoms with Gasteiger partial charge in [0, 0.05) is 17.8 Å². The van der Waals surface area contributed by atoms with Crippen LogP contribution in [-0.4, -0.2) is 17.6 Å². The minimum absolute atomic E-state index is 0.0579. The van der Waals surface area contributed by atoms with Gasteiger partial charge in [0.25, 0.3) is 0 Å². The molecule has 0 amide bonds. The van der Waals surface area contributed by atoms with Crippen LogP contribution < -0.4 is 0 Å². The van der Waals surface area contributed by atoms with E-state index in [0.717, 1.165) is 48.3 Å². The highest BCUT2D eigenvalue weighted by Gasteiger charge is 2.80. The molecule has 6 aliphatic carbocycles. The van der Waals surface area contributed by atoms with E-state index < -0.39 is 0 Å². The lowest BCUT2D eigenvalue weighted by Crippen LogP contribution is -2.55. The van der Waals surface area contributed by atoms with Crippen molar-refractivity contribution >= 4 is 5.97 Å². The summed E-state index contributed by atoms with van der Waals surface area (Å²) >= 11 is 0. The Morgan fingerprint density at radius 2 is 1.96 bits per heavy atom. The monoisotopic (exact) mass is 367 g/mol. The molecular formula is C23H29NO3. The van der Waals surface area contributed by atoms with E-state index in [2.05, 4.69) is 18.2 Å². The van der Waals surface area contributed by atoms with Gasteiger partial charge in [-0.1, -0.05) is 23.7 Å². The second kappa shape index (κ2) is 4.68. The van der Waals surface area contributed by atoms with Crippen LogP contribution in [-0.2, 0) is 9.53 Å². The van der Waals surface area contributed by atoms with Crippen LogP contribution in [0.25, 0.3) is 0 Å². The Balaban J connectivity index is 1.28. The van der Waals surface area contributed by atoms with Crippen molar-refractivity contribution in [1.29, 1.82) is 0 Å². The molecule has 144 valence electrons. The smallest absolute Gasteiger partial charge is 0.306 e. The van der Waals surface area contributed by atoms with E-state index >= 15 is 0 Å². The molecule has 4 heteroatoms. The van der Waals surface area contributed by atoms with Crippen LogP contribution in [0.5, 0.6) is 0 Å². The Kier molecular flexibility index (Phi) is 2.72. The highest BCUT2D eigenvalue weighted by molar-refractivity contribution is 5.73. The zero-order chi connectivity index (χ0) is 18.1. The average Bonchev–Trinajstić information content (AvgIpc) is 3.58. The molecule has 1 saturated heterocycles. The van der Waals surface area contributed by atoms with E-state index in [1.807, 2.05) is 0 Å². The minimum Gasteiger partial charge on any atom is -0.458 e. The van der Waals surface area contributed by atoms with Crippen molar-refractivity contribution in [2.75, 3.05) is 0 Å². The van der Waals surface area contributed by atoms with Crippen LogP contribution in [0.1, 0.15) is 58.3 Å². The first-order valence-corrected chi connectivity index (χ1v) is 11.3. The van der Waals surface area contributed by atoms with Gasteiger partial charge >= 0.3 is 5.97 Å². The maximum Gasteiger partial charge on any atom is 0.306 e. The Morgan fingerprint density at radius 3 is 2.74 bits per heavy atom. The number of nitrogens with zero attached hydrogens (tertiary/aromatic N) is 1. The fourth-order valence-corrected chi connectivity index (χ4v) is 9.56. The fraction of sp³-hybridized carbons (Fsp3) is 0.870. The van der Waals surface area contributed by atoms with Crippen molar-refractivity contribution in [3.63, 3.8) is 0 Å². The molecule has 0 bridgehead atoms. The summed E-state index contributed by atoms with van der Waals surface area (Å²) in [4.78, 5) is 23.2. The number of carbonyl (C=O) groups excluding carboxylic acids is 1. The maximum absolute atomic E-state index is 12.1. The fourth-order valence-electron chi connectivity index (χ4n) is 9.56. The van der Waals surface area contributed by atoms with Gasteiger partial charge in [0.05, 0.1) is 0 Å². The number of rotatable bonds is 1. The molecule has 0 aromatic carbocycles. The number of esters is 1. The number of hydrogen-bond acceptors (Lipinski definition) is 4. The Labute approximate surface area is 160 Å². The van der Waals surface area contributed by atoms with E-state index in [1.54, 1.807) is 5.57 Å². The summed E-state index contributed by atoms with van der Waals surface area (Å²) < 4.78 is 6.20. The highest BCUT2D eigenvalue weighted by Crippen LogP contribution is 2.81. The third-order valence-electron chi connectivity index (χ3n) is 10.5. The van der Waals surface area contributed by atoms with Crippen LogP contribution in [0, 0.1) is 57.7 Å². The Hall–Kier alpha value is -1.19. The molecule has 1 aliphatic heterocycles. The summed E-state index contributed by atoms with van der Waals surface area (Å²) in [6.45, 7) is 2.49. The molecule has 11 atom stereocenters. The molecule has 0 radical (unpaired) electrons. The number of allylic oxidation sites excluding steroid dienone is 1. The predicted molar refractivity (Wildman–Crippen MR) is 99.5 cm³/mol. The van der Waals surface area contributed by atoms with Gasteiger partial charge in [-0.25, -0.2) is 0 Å². The summed E-state index contributed by atoms with van der Waals surface area (Å²) in [5.74, 6) is 6.22. The largest absolute Gasteiger partial charge is 0.458 e. The lowest BCUT2D eigenvalue weighted by atomic mass is 9.48.